The van der Waals surface area contributed by atoms with Gasteiger partial charge in [0.05, 0.1) is 17.6 Å². The smallest absolute Gasteiger partial charge is 0.338 e. The maximum Gasteiger partial charge on any atom is 0.338 e. The molecular formula is C12H10N2O4. The molecular weight excluding hydrogens is 236 g/mol. The summed E-state index contributed by atoms with van der Waals surface area (Å²) in [6.45, 7) is 0. The van der Waals surface area contributed by atoms with Crippen LogP contribution in [0, 0.1) is 10.1 Å². The van der Waals surface area contributed by atoms with E-state index in [1.807, 2.05) is 0 Å². The lowest BCUT2D eigenvalue weighted by Gasteiger charge is -1.99. The van der Waals surface area contributed by atoms with Crippen molar-refractivity contribution in [1.29, 1.82) is 0 Å². The fourth-order valence-corrected chi connectivity index (χ4v) is 1.70. The Bertz CT molecular complexity index is 643. The Labute approximate surface area is 102 Å². The molecule has 0 amide bonds. The average molecular weight is 246 g/mol. The Morgan fingerprint density at radius 1 is 1.50 bits per heavy atom. The molecule has 0 radical (unpaired) electrons. The number of nitrogens with zero attached hydrogens (tertiary/aromatic N) is 1. The van der Waals surface area contributed by atoms with Crippen molar-refractivity contribution in [3.05, 3.63) is 51.8 Å². The number of carbonyl (C=O) groups is 1. The van der Waals surface area contributed by atoms with Gasteiger partial charge in [-0.15, -0.1) is 0 Å². The lowest BCUT2D eigenvalue weighted by Crippen LogP contribution is -2.00. The van der Waals surface area contributed by atoms with Gasteiger partial charge in [0, 0.05) is 22.7 Å². The highest BCUT2D eigenvalue weighted by atomic mass is 16.6. The fourth-order valence-electron chi connectivity index (χ4n) is 1.70. The molecule has 6 heteroatoms. The van der Waals surface area contributed by atoms with Gasteiger partial charge in [-0.3, -0.25) is 10.1 Å². The van der Waals surface area contributed by atoms with Crippen molar-refractivity contribution in [1.82, 2.24) is 4.98 Å². The van der Waals surface area contributed by atoms with E-state index in [0.717, 1.165) is 11.7 Å². The summed E-state index contributed by atoms with van der Waals surface area (Å²) in [5.74, 6) is -0.440. The molecule has 2 rings (SSSR count). The Morgan fingerprint density at radius 3 is 2.94 bits per heavy atom. The van der Waals surface area contributed by atoms with Crippen molar-refractivity contribution in [2.45, 2.75) is 0 Å². The molecule has 92 valence electrons. The molecule has 2 aromatic rings. The lowest BCUT2D eigenvalue weighted by molar-refractivity contribution is -0.401. The van der Waals surface area contributed by atoms with Crippen LogP contribution in [0.2, 0.25) is 0 Å². The first kappa shape index (κ1) is 11.8. The standard InChI is InChI=1S/C12H10N2O4/c1-18-12(15)9-3-2-4-11-10(9)7-8(13-11)5-6-14(16)17/h2-7,13H,1H3/b6-5+. The van der Waals surface area contributed by atoms with Crippen molar-refractivity contribution >= 4 is 22.9 Å². The quantitative estimate of drug-likeness (QED) is 0.511. The zero-order valence-corrected chi connectivity index (χ0v) is 9.54. The molecule has 0 fully saturated rings. The van der Waals surface area contributed by atoms with Gasteiger partial charge < -0.3 is 9.72 Å². The number of methoxy groups -OCH3 is 1. The maximum absolute atomic E-state index is 11.5. The van der Waals surface area contributed by atoms with Crippen molar-refractivity contribution in [2.75, 3.05) is 7.11 Å². The molecule has 1 aromatic carbocycles. The van der Waals surface area contributed by atoms with Crippen LogP contribution in [0.3, 0.4) is 0 Å². The van der Waals surface area contributed by atoms with E-state index in [4.69, 9.17) is 0 Å². The number of nitrogens with one attached hydrogen (secondary N) is 1. The van der Waals surface area contributed by atoms with E-state index in [0.29, 0.717) is 16.6 Å². The maximum atomic E-state index is 11.5. The van der Waals surface area contributed by atoms with Crippen LogP contribution in [0.25, 0.3) is 17.0 Å². The summed E-state index contributed by atoms with van der Waals surface area (Å²) in [7, 11) is 1.31. The molecule has 0 saturated carbocycles. The van der Waals surface area contributed by atoms with E-state index in [2.05, 4.69) is 9.72 Å². The van der Waals surface area contributed by atoms with Crippen LogP contribution in [0.5, 0.6) is 0 Å². The van der Waals surface area contributed by atoms with Gasteiger partial charge in [0.25, 0.3) is 0 Å². The normalized spacial score (nSPS) is 10.9. The Morgan fingerprint density at radius 2 is 2.28 bits per heavy atom. The van der Waals surface area contributed by atoms with E-state index >= 15 is 0 Å². The minimum atomic E-state index is -0.549. The molecule has 18 heavy (non-hydrogen) atoms. The lowest BCUT2D eigenvalue weighted by atomic mass is 10.1. The third-order valence-corrected chi connectivity index (χ3v) is 2.47. The number of rotatable bonds is 3. The van der Waals surface area contributed by atoms with E-state index in [1.54, 1.807) is 24.3 Å². The molecule has 6 nitrogen and oxygen atoms in total. The first-order valence-electron chi connectivity index (χ1n) is 5.13. The summed E-state index contributed by atoms with van der Waals surface area (Å²) in [5.41, 5.74) is 1.70. The predicted octanol–water partition coefficient (Wildman–Crippen LogP) is 2.20. The minimum absolute atomic E-state index is 0.423. The number of H-pyrrole nitrogens is 1. The summed E-state index contributed by atoms with van der Waals surface area (Å²) < 4.78 is 4.67. The van der Waals surface area contributed by atoms with Crippen LogP contribution in [-0.4, -0.2) is 23.0 Å². The molecule has 0 unspecified atom stereocenters. The molecule has 1 aromatic heterocycles. The number of ether oxygens (including phenoxy) is 1. The first-order chi connectivity index (χ1) is 8.61. The number of fused-ring (bicyclic) bond motifs is 1. The van der Waals surface area contributed by atoms with Gasteiger partial charge in [-0.05, 0) is 18.2 Å². The van der Waals surface area contributed by atoms with Crippen molar-refractivity contribution < 1.29 is 14.5 Å². The summed E-state index contributed by atoms with van der Waals surface area (Å²) in [4.78, 5) is 24.2. The van der Waals surface area contributed by atoms with E-state index in [9.17, 15) is 14.9 Å². The van der Waals surface area contributed by atoms with Crippen molar-refractivity contribution in [3.63, 3.8) is 0 Å². The molecule has 0 aliphatic heterocycles. The number of benzene rings is 1. The number of hydrogen-bond donors (Lipinski definition) is 1. The second-order valence-electron chi connectivity index (χ2n) is 3.58. The number of aromatic nitrogens is 1. The highest BCUT2D eigenvalue weighted by molar-refractivity contribution is 6.04. The topological polar surface area (TPSA) is 85.2 Å². The van der Waals surface area contributed by atoms with Crippen LogP contribution in [0.15, 0.2) is 30.5 Å². The van der Waals surface area contributed by atoms with E-state index in [-0.39, 0.29) is 0 Å². The SMILES string of the molecule is COC(=O)c1cccc2[nH]c(/C=C/[N+](=O)[O-])cc12. The number of aromatic amines is 1. The summed E-state index contributed by atoms with van der Waals surface area (Å²) in [6, 6.07) is 6.81. The first-order valence-corrected chi connectivity index (χ1v) is 5.13. The van der Waals surface area contributed by atoms with Crippen molar-refractivity contribution in [3.8, 4) is 0 Å². The Hall–Kier alpha value is -2.63. The number of esters is 1. The summed E-state index contributed by atoms with van der Waals surface area (Å²) in [6.07, 6.45) is 2.17. The van der Waals surface area contributed by atoms with E-state index in [1.165, 1.54) is 13.2 Å². The third kappa shape index (κ3) is 2.22. The zero-order valence-electron chi connectivity index (χ0n) is 9.54. The van der Waals surface area contributed by atoms with Crippen LogP contribution in [0.4, 0.5) is 0 Å². The van der Waals surface area contributed by atoms with Gasteiger partial charge in [-0.25, -0.2) is 4.79 Å². The van der Waals surface area contributed by atoms with Gasteiger partial charge in [-0.2, -0.15) is 0 Å². The molecule has 0 saturated heterocycles. The molecule has 1 heterocycles. The highest BCUT2D eigenvalue weighted by Crippen LogP contribution is 2.21. The van der Waals surface area contributed by atoms with Crippen LogP contribution in [-0.2, 0) is 4.74 Å². The number of nitro groups is 1. The van der Waals surface area contributed by atoms with Crippen LogP contribution < -0.4 is 0 Å². The largest absolute Gasteiger partial charge is 0.465 e. The molecule has 0 spiro atoms. The van der Waals surface area contributed by atoms with Crippen LogP contribution in [0.1, 0.15) is 16.1 Å². The minimum Gasteiger partial charge on any atom is -0.465 e. The third-order valence-electron chi connectivity index (χ3n) is 2.47. The van der Waals surface area contributed by atoms with Gasteiger partial charge in [0.2, 0.25) is 6.20 Å². The average Bonchev–Trinajstić information content (AvgIpc) is 2.77. The zero-order chi connectivity index (χ0) is 13.1. The molecule has 0 atom stereocenters. The van der Waals surface area contributed by atoms with E-state index < -0.39 is 10.9 Å². The van der Waals surface area contributed by atoms with Gasteiger partial charge in [0.1, 0.15) is 0 Å². The second kappa shape index (κ2) is 4.70. The van der Waals surface area contributed by atoms with Gasteiger partial charge in [-0.1, -0.05) is 6.07 Å². The summed E-state index contributed by atoms with van der Waals surface area (Å²) in [5, 5.41) is 10.9. The number of hydrogen-bond acceptors (Lipinski definition) is 4. The molecule has 0 aliphatic carbocycles. The fraction of sp³-hybridized carbons (Fsp3) is 0.0833. The van der Waals surface area contributed by atoms with Crippen LogP contribution >= 0.6 is 0 Å². The predicted molar refractivity (Wildman–Crippen MR) is 65.7 cm³/mol. The summed E-state index contributed by atoms with van der Waals surface area (Å²) >= 11 is 0. The number of carbonyl (C=O) groups excluding carboxylic acids is 1. The van der Waals surface area contributed by atoms with Gasteiger partial charge >= 0.3 is 5.97 Å². The van der Waals surface area contributed by atoms with Gasteiger partial charge in [0.15, 0.2) is 0 Å². The molecule has 0 bridgehead atoms. The highest BCUT2D eigenvalue weighted by Gasteiger charge is 2.11. The Kier molecular flexibility index (Phi) is 3.09. The Balaban J connectivity index is 2.51. The molecule has 0 aliphatic rings. The molecule has 1 N–H and O–H groups in total. The monoisotopic (exact) mass is 246 g/mol. The van der Waals surface area contributed by atoms with Crippen molar-refractivity contribution in [2.24, 2.45) is 0 Å². The second-order valence-corrected chi connectivity index (χ2v) is 3.58.